The maximum Gasteiger partial charge on any atom is 0.195 e. The van der Waals surface area contributed by atoms with Gasteiger partial charge in [-0.15, -0.1) is 35.3 Å². The standard InChI is InChI=1S/C21H29N3O3S.HI/c1-2-25-12-4-10-22-21(23-11-9-18-6-3-15-28-18)24-17-7-8-19-20(16-17)27-14-5-13-26-19;/h3,6-8,15-16H,2,4-5,9-14H2,1H3,(H2,22,23,24);1H. The maximum atomic E-state index is 5.79. The molecule has 0 spiro atoms. The second kappa shape index (κ2) is 13.7. The van der Waals surface area contributed by atoms with E-state index in [0.29, 0.717) is 19.8 Å². The molecule has 0 unspecified atom stereocenters. The van der Waals surface area contributed by atoms with E-state index in [2.05, 4.69) is 33.1 Å². The Labute approximate surface area is 194 Å². The van der Waals surface area contributed by atoms with Gasteiger partial charge in [0.05, 0.1) is 13.2 Å². The predicted octanol–water partition coefficient (Wildman–Crippen LogP) is 4.55. The summed E-state index contributed by atoms with van der Waals surface area (Å²) in [6, 6.07) is 10.1. The minimum Gasteiger partial charge on any atom is -0.490 e. The molecule has 0 radical (unpaired) electrons. The summed E-state index contributed by atoms with van der Waals surface area (Å²) < 4.78 is 16.9. The van der Waals surface area contributed by atoms with Gasteiger partial charge in [-0.25, -0.2) is 0 Å². The molecular formula is C21H30IN3O3S. The molecule has 1 aliphatic rings. The molecule has 2 N–H and O–H groups in total. The van der Waals surface area contributed by atoms with Gasteiger partial charge in [0.15, 0.2) is 17.5 Å². The van der Waals surface area contributed by atoms with Gasteiger partial charge < -0.3 is 24.8 Å². The molecule has 1 aromatic carbocycles. The number of fused-ring (bicyclic) bond motifs is 1. The second-order valence-corrected chi connectivity index (χ2v) is 7.41. The molecule has 1 aromatic heterocycles. The fraction of sp³-hybridized carbons (Fsp3) is 0.476. The maximum absolute atomic E-state index is 5.79. The number of benzene rings is 1. The summed E-state index contributed by atoms with van der Waals surface area (Å²) in [5.41, 5.74) is 0.927. The van der Waals surface area contributed by atoms with Crippen molar-refractivity contribution in [1.29, 1.82) is 0 Å². The smallest absolute Gasteiger partial charge is 0.195 e. The highest BCUT2D eigenvalue weighted by atomic mass is 127. The summed E-state index contributed by atoms with van der Waals surface area (Å²) in [4.78, 5) is 6.05. The number of hydrogen-bond acceptors (Lipinski definition) is 5. The van der Waals surface area contributed by atoms with Crippen molar-refractivity contribution in [2.75, 3.05) is 44.8 Å². The van der Waals surface area contributed by atoms with Gasteiger partial charge in [0.2, 0.25) is 0 Å². The van der Waals surface area contributed by atoms with Gasteiger partial charge in [0, 0.05) is 49.4 Å². The zero-order valence-electron chi connectivity index (χ0n) is 16.8. The highest BCUT2D eigenvalue weighted by Gasteiger charge is 2.11. The van der Waals surface area contributed by atoms with Crippen LogP contribution in [0.2, 0.25) is 0 Å². The lowest BCUT2D eigenvalue weighted by Gasteiger charge is -2.14. The molecule has 0 saturated heterocycles. The van der Waals surface area contributed by atoms with Gasteiger partial charge in [-0.2, -0.15) is 0 Å². The molecule has 1 aliphatic heterocycles. The number of nitrogens with zero attached hydrogens (tertiary/aromatic N) is 1. The van der Waals surface area contributed by atoms with Crippen LogP contribution >= 0.6 is 35.3 Å². The molecule has 0 amide bonds. The average molecular weight is 531 g/mol. The van der Waals surface area contributed by atoms with Crippen molar-refractivity contribution in [1.82, 2.24) is 5.32 Å². The summed E-state index contributed by atoms with van der Waals surface area (Å²) in [7, 11) is 0. The van der Waals surface area contributed by atoms with Crippen molar-refractivity contribution in [3.05, 3.63) is 40.6 Å². The average Bonchev–Trinajstić information content (AvgIpc) is 3.11. The Morgan fingerprint density at radius 3 is 2.86 bits per heavy atom. The third kappa shape index (κ3) is 8.39. The topological polar surface area (TPSA) is 64.1 Å². The number of aliphatic imine (C=N–C) groups is 1. The lowest BCUT2D eigenvalue weighted by atomic mass is 10.2. The van der Waals surface area contributed by atoms with Gasteiger partial charge in [-0.3, -0.25) is 4.99 Å². The Morgan fingerprint density at radius 1 is 1.21 bits per heavy atom. The first-order valence-electron chi connectivity index (χ1n) is 9.90. The number of anilines is 1. The van der Waals surface area contributed by atoms with E-state index in [1.807, 2.05) is 25.1 Å². The number of ether oxygens (including phenoxy) is 3. The van der Waals surface area contributed by atoms with Crippen LogP contribution in [0.4, 0.5) is 5.69 Å². The fourth-order valence-corrected chi connectivity index (χ4v) is 3.49. The van der Waals surface area contributed by atoms with E-state index in [1.54, 1.807) is 11.3 Å². The van der Waals surface area contributed by atoms with Crippen LogP contribution in [-0.4, -0.2) is 45.5 Å². The van der Waals surface area contributed by atoms with E-state index in [1.165, 1.54) is 4.88 Å². The van der Waals surface area contributed by atoms with Crippen LogP contribution in [0.15, 0.2) is 40.7 Å². The van der Waals surface area contributed by atoms with Crippen LogP contribution in [0.25, 0.3) is 0 Å². The van der Waals surface area contributed by atoms with Gasteiger partial charge in [-0.05, 0) is 43.3 Å². The molecule has 0 atom stereocenters. The van der Waals surface area contributed by atoms with Crippen molar-refractivity contribution in [2.45, 2.75) is 26.2 Å². The van der Waals surface area contributed by atoms with Gasteiger partial charge in [0.25, 0.3) is 0 Å². The number of guanidine groups is 1. The Morgan fingerprint density at radius 2 is 2.07 bits per heavy atom. The Hall–Kier alpha value is -1.52. The quantitative estimate of drug-likeness (QED) is 0.215. The highest BCUT2D eigenvalue weighted by Crippen LogP contribution is 2.32. The van der Waals surface area contributed by atoms with E-state index >= 15 is 0 Å². The van der Waals surface area contributed by atoms with Crippen molar-refractivity contribution in [3.63, 3.8) is 0 Å². The minimum absolute atomic E-state index is 0. The molecule has 0 aliphatic carbocycles. The van der Waals surface area contributed by atoms with Crippen molar-refractivity contribution < 1.29 is 14.2 Å². The molecule has 8 heteroatoms. The largest absolute Gasteiger partial charge is 0.490 e. The second-order valence-electron chi connectivity index (χ2n) is 6.37. The Bertz CT molecular complexity index is 741. The summed E-state index contributed by atoms with van der Waals surface area (Å²) in [6.07, 6.45) is 2.76. The van der Waals surface area contributed by atoms with E-state index in [4.69, 9.17) is 14.2 Å². The zero-order chi connectivity index (χ0) is 19.4. The van der Waals surface area contributed by atoms with Gasteiger partial charge in [0.1, 0.15) is 0 Å². The number of hydrogen-bond donors (Lipinski definition) is 2. The summed E-state index contributed by atoms with van der Waals surface area (Å²) in [5, 5.41) is 8.91. The first-order chi connectivity index (χ1) is 13.8. The first kappa shape index (κ1) is 23.8. The van der Waals surface area contributed by atoms with Crippen LogP contribution in [0.1, 0.15) is 24.6 Å². The van der Waals surface area contributed by atoms with Crippen LogP contribution in [0.5, 0.6) is 11.5 Å². The lowest BCUT2D eigenvalue weighted by molar-refractivity contribution is 0.146. The number of nitrogens with one attached hydrogen (secondary N) is 2. The van der Waals surface area contributed by atoms with E-state index < -0.39 is 0 Å². The number of rotatable bonds is 9. The molecule has 3 rings (SSSR count). The van der Waals surface area contributed by atoms with Crippen LogP contribution in [0.3, 0.4) is 0 Å². The van der Waals surface area contributed by atoms with Crippen molar-refractivity contribution in [2.24, 2.45) is 4.99 Å². The Balaban J connectivity index is 0.00000300. The Kier molecular flexibility index (Phi) is 11.2. The first-order valence-corrected chi connectivity index (χ1v) is 10.8. The fourth-order valence-electron chi connectivity index (χ4n) is 2.78. The minimum atomic E-state index is 0. The molecule has 0 saturated carbocycles. The highest BCUT2D eigenvalue weighted by molar-refractivity contribution is 14.0. The van der Waals surface area contributed by atoms with Crippen molar-refractivity contribution >= 4 is 47.0 Å². The zero-order valence-corrected chi connectivity index (χ0v) is 20.0. The third-order valence-electron chi connectivity index (χ3n) is 4.18. The summed E-state index contributed by atoms with van der Waals surface area (Å²) in [5.74, 6) is 2.34. The molecular weight excluding hydrogens is 501 g/mol. The summed E-state index contributed by atoms with van der Waals surface area (Å²) >= 11 is 1.78. The number of halogens is 1. The molecule has 29 heavy (non-hydrogen) atoms. The molecule has 0 bridgehead atoms. The molecule has 160 valence electrons. The summed E-state index contributed by atoms with van der Waals surface area (Å²) in [6.45, 7) is 6.37. The SMILES string of the molecule is CCOCCCN=C(NCCc1cccs1)Nc1ccc2c(c1)OCCCO2.I. The van der Waals surface area contributed by atoms with E-state index in [-0.39, 0.29) is 24.0 Å². The third-order valence-corrected chi connectivity index (χ3v) is 5.11. The predicted molar refractivity (Wildman–Crippen MR) is 131 cm³/mol. The van der Waals surface area contributed by atoms with Crippen molar-refractivity contribution in [3.8, 4) is 11.5 Å². The number of thiophene rings is 1. The molecule has 6 nitrogen and oxygen atoms in total. The van der Waals surface area contributed by atoms with Gasteiger partial charge in [-0.1, -0.05) is 6.07 Å². The van der Waals surface area contributed by atoms with Gasteiger partial charge >= 0.3 is 0 Å². The van der Waals surface area contributed by atoms with E-state index in [9.17, 15) is 0 Å². The molecule has 0 fully saturated rings. The van der Waals surface area contributed by atoms with Crippen LogP contribution in [0, 0.1) is 0 Å². The molecule has 2 heterocycles. The van der Waals surface area contributed by atoms with E-state index in [0.717, 1.165) is 62.2 Å². The monoisotopic (exact) mass is 531 g/mol. The molecule has 2 aromatic rings. The van der Waals surface area contributed by atoms with Crippen LogP contribution in [-0.2, 0) is 11.2 Å². The lowest BCUT2D eigenvalue weighted by Crippen LogP contribution is -2.32. The normalized spacial score (nSPS) is 13.3. The van der Waals surface area contributed by atoms with Crippen LogP contribution < -0.4 is 20.1 Å².